The molecule has 1 amide bonds. The maximum Gasteiger partial charge on any atom is 0.244 e. The molecule has 0 fully saturated rings. The van der Waals surface area contributed by atoms with Crippen molar-refractivity contribution in [3.8, 4) is 0 Å². The van der Waals surface area contributed by atoms with Gasteiger partial charge in [0.15, 0.2) is 5.82 Å². The number of H-pyrrole nitrogens is 1. The second-order valence-corrected chi connectivity index (χ2v) is 4.30. The number of hydrogen-bond donors (Lipinski definition) is 3. The van der Waals surface area contributed by atoms with Gasteiger partial charge in [-0.3, -0.25) is 9.89 Å². The molecule has 0 unspecified atom stereocenters. The number of amides is 1. The summed E-state index contributed by atoms with van der Waals surface area (Å²) in [5.41, 5.74) is 1.96. The molecule has 1 heterocycles. The lowest BCUT2D eigenvalue weighted by atomic mass is 10.2. The zero-order chi connectivity index (χ0) is 13.5. The minimum Gasteiger partial charge on any atom is -0.376 e. The van der Waals surface area contributed by atoms with Crippen molar-refractivity contribution in [3.63, 3.8) is 0 Å². The van der Waals surface area contributed by atoms with Gasteiger partial charge in [0.25, 0.3) is 0 Å². The van der Waals surface area contributed by atoms with E-state index in [0.29, 0.717) is 5.82 Å². The van der Waals surface area contributed by atoms with Crippen molar-refractivity contribution < 1.29 is 4.79 Å². The van der Waals surface area contributed by atoms with E-state index in [1.165, 1.54) is 0 Å². The van der Waals surface area contributed by atoms with Crippen molar-refractivity contribution >= 4 is 17.4 Å². The quantitative estimate of drug-likeness (QED) is 0.745. The number of anilines is 2. The fourth-order valence-electron chi connectivity index (χ4n) is 1.75. The molecule has 0 bridgehead atoms. The first kappa shape index (κ1) is 13.1. The fraction of sp³-hybridized carbons (Fsp3) is 0.286. The summed E-state index contributed by atoms with van der Waals surface area (Å²) in [6.07, 6.45) is 1.98. The van der Waals surface area contributed by atoms with E-state index in [9.17, 15) is 4.79 Å². The van der Waals surface area contributed by atoms with E-state index in [2.05, 4.69) is 27.8 Å². The summed E-state index contributed by atoms with van der Waals surface area (Å²) in [5, 5.41) is 12.7. The van der Waals surface area contributed by atoms with E-state index in [4.69, 9.17) is 0 Å². The average molecular weight is 258 g/mol. The van der Waals surface area contributed by atoms with Gasteiger partial charge in [-0.1, -0.05) is 31.5 Å². The second-order valence-electron chi connectivity index (χ2n) is 4.30. The fourth-order valence-corrected chi connectivity index (χ4v) is 1.75. The van der Waals surface area contributed by atoms with E-state index >= 15 is 0 Å². The van der Waals surface area contributed by atoms with Gasteiger partial charge in [-0.25, -0.2) is 0 Å². The van der Waals surface area contributed by atoms with Gasteiger partial charge in [-0.2, -0.15) is 5.10 Å². The number of carbonyl (C=O) groups is 1. The molecule has 1 aromatic heterocycles. The van der Waals surface area contributed by atoms with Crippen LogP contribution in [0.5, 0.6) is 0 Å². The lowest BCUT2D eigenvalue weighted by molar-refractivity contribution is -0.114. The first-order valence-electron chi connectivity index (χ1n) is 6.41. The Hall–Kier alpha value is -2.30. The summed E-state index contributed by atoms with van der Waals surface area (Å²) in [5.74, 6) is 0.460. The molecule has 5 nitrogen and oxygen atoms in total. The molecule has 0 radical (unpaired) electrons. The highest BCUT2D eigenvalue weighted by Crippen LogP contribution is 2.08. The van der Waals surface area contributed by atoms with Crippen molar-refractivity contribution in [2.75, 3.05) is 17.2 Å². The van der Waals surface area contributed by atoms with E-state index < -0.39 is 0 Å². The van der Waals surface area contributed by atoms with Gasteiger partial charge in [0.05, 0.1) is 6.54 Å². The van der Waals surface area contributed by atoms with Gasteiger partial charge in [-0.15, -0.1) is 0 Å². The predicted molar refractivity (Wildman–Crippen MR) is 76.1 cm³/mol. The molecular formula is C14H18N4O. The Labute approximate surface area is 112 Å². The minimum absolute atomic E-state index is 0.113. The Morgan fingerprint density at radius 1 is 1.32 bits per heavy atom. The third kappa shape index (κ3) is 4.13. The molecule has 3 N–H and O–H groups in total. The van der Waals surface area contributed by atoms with Crippen LogP contribution in [0.15, 0.2) is 36.4 Å². The highest BCUT2D eigenvalue weighted by Gasteiger charge is 2.05. The Balaban J connectivity index is 1.80. The lowest BCUT2D eigenvalue weighted by Gasteiger charge is -2.05. The molecule has 0 aliphatic rings. The predicted octanol–water partition coefficient (Wildman–Crippen LogP) is 2.41. The van der Waals surface area contributed by atoms with Crippen LogP contribution < -0.4 is 10.6 Å². The zero-order valence-corrected chi connectivity index (χ0v) is 10.9. The topological polar surface area (TPSA) is 69.8 Å². The monoisotopic (exact) mass is 258 g/mol. The molecule has 0 saturated heterocycles. The highest BCUT2D eigenvalue weighted by atomic mass is 16.2. The van der Waals surface area contributed by atoms with Crippen molar-refractivity contribution in [1.82, 2.24) is 10.2 Å². The largest absolute Gasteiger partial charge is 0.376 e. The van der Waals surface area contributed by atoms with Crippen LogP contribution in [-0.4, -0.2) is 22.6 Å². The van der Waals surface area contributed by atoms with Crippen molar-refractivity contribution in [3.05, 3.63) is 42.1 Å². The number of nitrogens with one attached hydrogen (secondary N) is 3. The number of nitrogens with zero attached hydrogens (tertiary/aromatic N) is 1. The maximum atomic E-state index is 11.7. The number of aromatic nitrogens is 2. The molecular weight excluding hydrogens is 240 g/mol. The number of hydrogen-bond acceptors (Lipinski definition) is 3. The van der Waals surface area contributed by atoms with Gasteiger partial charge in [-0.05, 0) is 18.6 Å². The van der Waals surface area contributed by atoms with Crippen LogP contribution in [0.1, 0.15) is 19.0 Å². The van der Waals surface area contributed by atoms with Crippen LogP contribution in [0.2, 0.25) is 0 Å². The van der Waals surface area contributed by atoms with Gasteiger partial charge < -0.3 is 10.6 Å². The molecule has 0 atom stereocenters. The maximum absolute atomic E-state index is 11.7. The summed E-state index contributed by atoms with van der Waals surface area (Å²) in [7, 11) is 0. The van der Waals surface area contributed by atoms with Crippen molar-refractivity contribution in [2.45, 2.75) is 19.8 Å². The molecule has 2 aromatic rings. The second kappa shape index (κ2) is 6.58. The van der Waals surface area contributed by atoms with E-state index in [-0.39, 0.29) is 12.5 Å². The molecule has 0 spiro atoms. The Kier molecular flexibility index (Phi) is 4.55. The molecule has 5 heteroatoms. The lowest BCUT2D eigenvalue weighted by Crippen LogP contribution is -2.21. The number of aromatic amines is 1. The van der Waals surface area contributed by atoms with Gasteiger partial charge in [0, 0.05) is 17.4 Å². The van der Waals surface area contributed by atoms with Crippen molar-refractivity contribution in [1.29, 1.82) is 0 Å². The molecule has 1 aromatic carbocycles. The summed E-state index contributed by atoms with van der Waals surface area (Å²) in [6.45, 7) is 2.32. The van der Waals surface area contributed by atoms with Crippen molar-refractivity contribution in [2.24, 2.45) is 0 Å². The Morgan fingerprint density at radius 2 is 2.11 bits per heavy atom. The number of benzene rings is 1. The summed E-state index contributed by atoms with van der Waals surface area (Å²) < 4.78 is 0. The first-order valence-corrected chi connectivity index (χ1v) is 6.41. The minimum atomic E-state index is -0.113. The molecule has 100 valence electrons. The summed E-state index contributed by atoms with van der Waals surface area (Å²) in [6, 6.07) is 11.5. The first-order chi connectivity index (χ1) is 9.28. The van der Waals surface area contributed by atoms with E-state index in [0.717, 1.165) is 24.2 Å². The molecule has 0 aliphatic carbocycles. The Morgan fingerprint density at radius 3 is 2.84 bits per heavy atom. The standard InChI is InChI=1S/C14H18N4O/c1-2-6-12-9-13(18-17-12)16-14(19)10-15-11-7-4-3-5-8-11/h3-5,7-9,15H,2,6,10H2,1H3,(H2,16,17,18,19). The Bertz CT molecular complexity index is 521. The molecule has 0 aliphatic heterocycles. The SMILES string of the molecule is CCCc1cc(NC(=O)CNc2ccccc2)n[nH]1. The van der Waals surface area contributed by atoms with Crippen LogP contribution in [0.3, 0.4) is 0 Å². The third-order valence-electron chi connectivity index (χ3n) is 2.64. The zero-order valence-electron chi connectivity index (χ0n) is 10.9. The van der Waals surface area contributed by atoms with Gasteiger partial charge in [0.2, 0.25) is 5.91 Å². The van der Waals surface area contributed by atoms with Gasteiger partial charge in [0.1, 0.15) is 0 Å². The number of para-hydroxylation sites is 1. The van der Waals surface area contributed by atoms with Crippen LogP contribution in [0, 0.1) is 0 Å². The molecule has 2 rings (SSSR count). The van der Waals surface area contributed by atoms with E-state index in [1.54, 1.807) is 0 Å². The summed E-state index contributed by atoms with van der Waals surface area (Å²) in [4.78, 5) is 11.7. The van der Waals surface area contributed by atoms with E-state index in [1.807, 2.05) is 36.4 Å². The van der Waals surface area contributed by atoms with Crippen LogP contribution in [0.4, 0.5) is 11.5 Å². The average Bonchev–Trinajstić information content (AvgIpc) is 2.85. The smallest absolute Gasteiger partial charge is 0.244 e. The third-order valence-corrected chi connectivity index (χ3v) is 2.64. The summed E-state index contributed by atoms with van der Waals surface area (Å²) >= 11 is 0. The molecule has 19 heavy (non-hydrogen) atoms. The van der Waals surface area contributed by atoms with Crippen LogP contribution in [-0.2, 0) is 11.2 Å². The van der Waals surface area contributed by atoms with Gasteiger partial charge >= 0.3 is 0 Å². The van der Waals surface area contributed by atoms with Crippen LogP contribution in [0.25, 0.3) is 0 Å². The van der Waals surface area contributed by atoms with Crippen LogP contribution >= 0.6 is 0 Å². The number of aryl methyl sites for hydroxylation is 1. The normalized spacial score (nSPS) is 10.2. The molecule has 0 saturated carbocycles. The number of rotatable bonds is 6. The highest BCUT2D eigenvalue weighted by molar-refractivity contribution is 5.92. The number of carbonyl (C=O) groups excluding carboxylic acids is 1.